The van der Waals surface area contributed by atoms with E-state index in [1.54, 1.807) is 0 Å². The summed E-state index contributed by atoms with van der Waals surface area (Å²) in [7, 11) is 4.07. The lowest BCUT2D eigenvalue weighted by atomic mass is 10.0. The Labute approximate surface area is 137 Å². The van der Waals surface area contributed by atoms with Crippen LogP contribution in [-0.4, -0.2) is 43.4 Å². The van der Waals surface area contributed by atoms with E-state index in [-0.39, 0.29) is 12.3 Å². The average Bonchev–Trinajstić information content (AvgIpc) is 2.57. The van der Waals surface area contributed by atoms with Gasteiger partial charge >= 0.3 is 5.84 Å². The Kier molecular flexibility index (Phi) is 4.63. The van der Waals surface area contributed by atoms with Crippen molar-refractivity contribution >= 4 is 11.5 Å². The van der Waals surface area contributed by atoms with Crippen LogP contribution in [-0.2, 0) is 4.74 Å². The molecule has 1 heterocycles. The van der Waals surface area contributed by atoms with Crippen LogP contribution in [0.3, 0.4) is 0 Å². The van der Waals surface area contributed by atoms with Crippen LogP contribution in [0.5, 0.6) is 5.75 Å². The number of hydrogen-bond donors (Lipinski definition) is 0. The van der Waals surface area contributed by atoms with Crippen molar-refractivity contribution in [2.24, 2.45) is 0 Å². The molecule has 0 spiro atoms. The summed E-state index contributed by atoms with van der Waals surface area (Å²) in [5.41, 5.74) is 1.11. The highest BCUT2D eigenvalue weighted by Crippen LogP contribution is 2.32. The fourth-order valence-electron chi connectivity index (χ4n) is 2.88. The minimum atomic E-state index is -0.125. The summed E-state index contributed by atoms with van der Waals surface area (Å²) in [5.74, 6) is 1.95. The largest absolute Gasteiger partial charge is 0.470 e. The number of anilines is 1. The topological polar surface area (TPSA) is 24.7 Å². The Balaban J connectivity index is 1.91. The second-order valence-corrected chi connectivity index (χ2v) is 5.66. The van der Waals surface area contributed by atoms with Crippen LogP contribution in [0.15, 0.2) is 60.7 Å². The van der Waals surface area contributed by atoms with E-state index in [0.717, 1.165) is 17.3 Å². The van der Waals surface area contributed by atoms with Gasteiger partial charge in [-0.3, -0.25) is 4.58 Å². The van der Waals surface area contributed by atoms with Crippen molar-refractivity contribution in [1.82, 2.24) is 0 Å². The molecule has 0 bridgehead atoms. The fraction of sp³-hybridized carbons (Fsp3) is 0.316. The van der Waals surface area contributed by atoms with Crippen LogP contribution in [0.2, 0.25) is 0 Å². The first-order chi connectivity index (χ1) is 11.2. The molecule has 0 aliphatic carbocycles. The molecule has 0 N–H and O–H groups in total. The van der Waals surface area contributed by atoms with E-state index in [0.29, 0.717) is 6.61 Å². The van der Waals surface area contributed by atoms with Gasteiger partial charge in [-0.1, -0.05) is 36.4 Å². The lowest BCUT2D eigenvalue weighted by Crippen LogP contribution is -2.70. The third-order valence-electron chi connectivity index (χ3n) is 3.85. The van der Waals surface area contributed by atoms with Crippen LogP contribution in [0.4, 0.5) is 5.69 Å². The van der Waals surface area contributed by atoms with Crippen molar-refractivity contribution in [2.45, 2.75) is 19.3 Å². The second kappa shape index (κ2) is 6.84. The zero-order chi connectivity index (χ0) is 16.2. The van der Waals surface area contributed by atoms with Gasteiger partial charge in [0.05, 0.1) is 14.1 Å². The Hall–Kier alpha value is -2.33. The Morgan fingerprint density at radius 1 is 0.957 bits per heavy atom. The van der Waals surface area contributed by atoms with Gasteiger partial charge in [0.25, 0.3) is 12.3 Å². The molecule has 0 saturated carbocycles. The molecule has 3 rings (SSSR count). The van der Waals surface area contributed by atoms with Crippen molar-refractivity contribution in [3.05, 3.63) is 60.7 Å². The quantitative estimate of drug-likeness (QED) is 0.794. The number of benzene rings is 2. The molecule has 4 heteroatoms. The van der Waals surface area contributed by atoms with Crippen molar-refractivity contribution in [3.63, 3.8) is 0 Å². The van der Waals surface area contributed by atoms with E-state index in [1.807, 2.05) is 69.6 Å². The van der Waals surface area contributed by atoms with Crippen molar-refractivity contribution in [2.75, 3.05) is 25.6 Å². The molecule has 2 aromatic rings. The van der Waals surface area contributed by atoms with Crippen LogP contribution < -0.4 is 9.64 Å². The van der Waals surface area contributed by atoms with Crippen molar-refractivity contribution in [3.8, 4) is 5.75 Å². The first-order valence-corrected chi connectivity index (χ1v) is 7.94. The standard InChI is InChI=1S/C19H23N2O2/c1-4-22-19-17(23-16-13-9-6-10-14-16)18(20(2)3)21(19)15-11-7-5-8-12-15/h5-14,17,19H,4H2,1-3H3/q+1/t17-,19-/m1/s1. The van der Waals surface area contributed by atoms with Gasteiger partial charge in [0, 0.05) is 6.61 Å². The van der Waals surface area contributed by atoms with E-state index < -0.39 is 0 Å². The van der Waals surface area contributed by atoms with Crippen LogP contribution in [0.1, 0.15) is 6.92 Å². The van der Waals surface area contributed by atoms with E-state index >= 15 is 0 Å². The molecule has 1 fully saturated rings. The summed E-state index contributed by atoms with van der Waals surface area (Å²) >= 11 is 0. The molecule has 0 radical (unpaired) electrons. The van der Waals surface area contributed by atoms with Crippen LogP contribution in [0, 0.1) is 0 Å². The number of para-hydroxylation sites is 2. The van der Waals surface area contributed by atoms with Gasteiger partial charge in [-0.05, 0) is 31.2 Å². The normalized spacial score (nSPS) is 20.1. The molecule has 120 valence electrons. The van der Waals surface area contributed by atoms with Gasteiger partial charge < -0.3 is 9.47 Å². The number of ether oxygens (including phenoxy) is 2. The highest BCUT2D eigenvalue weighted by atomic mass is 16.6. The van der Waals surface area contributed by atoms with E-state index in [2.05, 4.69) is 21.6 Å². The SMILES string of the molecule is CCO[C@@H]1[C@H](Oc2ccccc2)C(=[N+](C)C)N1c1ccccc1. The number of rotatable bonds is 5. The highest BCUT2D eigenvalue weighted by molar-refractivity contribution is 6.05. The molecular weight excluding hydrogens is 288 g/mol. The monoisotopic (exact) mass is 311 g/mol. The zero-order valence-electron chi connectivity index (χ0n) is 13.8. The summed E-state index contributed by atoms with van der Waals surface area (Å²) in [6.07, 6.45) is -0.243. The molecule has 1 saturated heterocycles. The molecule has 0 amide bonds. The maximum atomic E-state index is 6.20. The second-order valence-electron chi connectivity index (χ2n) is 5.66. The number of nitrogens with zero attached hydrogens (tertiary/aromatic N) is 2. The molecule has 1 aliphatic heterocycles. The van der Waals surface area contributed by atoms with Gasteiger partial charge in [0.2, 0.25) is 0 Å². The average molecular weight is 311 g/mol. The smallest absolute Gasteiger partial charge is 0.303 e. The van der Waals surface area contributed by atoms with Gasteiger partial charge in [-0.15, -0.1) is 0 Å². The zero-order valence-corrected chi connectivity index (χ0v) is 13.8. The van der Waals surface area contributed by atoms with E-state index in [1.165, 1.54) is 0 Å². The molecule has 4 nitrogen and oxygen atoms in total. The van der Waals surface area contributed by atoms with E-state index in [9.17, 15) is 0 Å². The van der Waals surface area contributed by atoms with Crippen molar-refractivity contribution < 1.29 is 14.0 Å². The maximum Gasteiger partial charge on any atom is 0.303 e. The van der Waals surface area contributed by atoms with Gasteiger partial charge in [-0.25, -0.2) is 0 Å². The maximum absolute atomic E-state index is 6.20. The lowest BCUT2D eigenvalue weighted by Gasteiger charge is -2.42. The number of hydrogen-bond acceptors (Lipinski definition) is 2. The number of amidine groups is 1. The Morgan fingerprint density at radius 3 is 2.13 bits per heavy atom. The third kappa shape index (κ3) is 3.08. The lowest BCUT2D eigenvalue weighted by molar-refractivity contribution is -0.472. The highest BCUT2D eigenvalue weighted by Gasteiger charge is 2.57. The third-order valence-corrected chi connectivity index (χ3v) is 3.85. The van der Waals surface area contributed by atoms with Crippen LogP contribution in [0.25, 0.3) is 0 Å². The van der Waals surface area contributed by atoms with Crippen LogP contribution >= 0.6 is 0 Å². The molecule has 2 atom stereocenters. The molecule has 0 unspecified atom stereocenters. The summed E-state index contributed by atoms with van der Waals surface area (Å²) in [5, 5.41) is 0. The Bertz CT molecular complexity index is 666. The summed E-state index contributed by atoms with van der Waals surface area (Å²) in [6.45, 7) is 2.65. The minimum absolute atomic E-state index is 0.118. The summed E-state index contributed by atoms with van der Waals surface area (Å²) < 4.78 is 14.3. The minimum Gasteiger partial charge on any atom is -0.470 e. The Morgan fingerprint density at radius 2 is 1.57 bits per heavy atom. The summed E-state index contributed by atoms with van der Waals surface area (Å²) in [4.78, 5) is 2.19. The van der Waals surface area contributed by atoms with E-state index in [4.69, 9.17) is 9.47 Å². The molecule has 1 aliphatic rings. The molecule has 2 aromatic carbocycles. The predicted octanol–water partition coefficient (Wildman–Crippen LogP) is 2.99. The molecule has 0 aromatic heterocycles. The molecular formula is C19H23N2O2+. The van der Waals surface area contributed by atoms with Gasteiger partial charge in [0.1, 0.15) is 11.4 Å². The summed E-state index contributed by atoms with van der Waals surface area (Å²) in [6, 6.07) is 20.2. The van der Waals surface area contributed by atoms with Crippen molar-refractivity contribution in [1.29, 1.82) is 0 Å². The fourth-order valence-corrected chi connectivity index (χ4v) is 2.88. The van der Waals surface area contributed by atoms with Gasteiger partial charge in [-0.2, -0.15) is 4.90 Å². The predicted molar refractivity (Wildman–Crippen MR) is 92.3 cm³/mol. The molecule has 23 heavy (non-hydrogen) atoms. The van der Waals surface area contributed by atoms with Gasteiger partial charge in [0.15, 0.2) is 0 Å². The first-order valence-electron chi connectivity index (χ1n) is 7.94. The first kappa shape index (κ1) is 15.6.